The maximum atomic E-state index is 12.5. The van der Waals surface area contributed by atoms with Crippen LogP contribution < -0.4 is 14.8 Å². The molecular weight excluding hydrogens is 352 g/mol. The summed E-state index contributed by atoms with van der Waals surface area (Å²) in [7, 11) is 3.29. The van der Waals surface area contributed by atoms with Crippen molar-refractivity contribution in [2.75, 3.05) is 32.6 Å². The van der Waals surface area contributed by atoms with Crippen LogP contribution in [0.5, 0.6) is 11.5 Å². The minimum Gasteiger partial charge on any atom is -0.497 e. The number of hydrogen-bond donors (Lipinski definition) is 1. The highest BCUT2D eigenvalue weighted by Crippen LogP contribution is 2.38. The smallest absolute Gasteiger partial charge is 0.238 e. The van der Waals surface area contributed by atoms with Gasteiger partial charge in [-0.2, -0.15) is 0 Å². The average Bonchev–Trinajstić information content (AvgIpc) is 3.10. The van der Waals surface area contributed by atoms with Gasteiger partial charge < -0.3 is 14.8 Å². The van der Waals surface area contributed by atoms with Crippen molar-refractivity contribution in [3.8, 4) is 11.5 Å². The quantitative estimate of drug-likeness (QED) is 0.825. The van der Waals surface area contributed by atoms with Crippen molar-refractivity contribution in [2.45, 2.75) is 18.9 Å². The van der Waals surface area contributed by atoms with Gasteiger partial charge in [0.25, 0.3) is 0 Å². The van der Waals surface area contributed by atoms with E-state index < -0.39 is 0 Å². The van der Waals surface area contributed by atoms with Crippen LogP contribution in [-0.4, -0.2) is 38.1 Å². The van der Waals surface area contributed by atoms with Crippen molar-refractivity contribution < 1.29 is 14.3 Å². The maximum Gasteiger partial charge on any atom is 0.238 e. The highest BCUT2D eigenvalue weighted by Gasteiger charge is 2.30. The highest BCUT2D eigenvalue weighted by molar-refractivity contribution is 6.33. The molecule has 0 unspecified atom stereocenters. The Balaban J connectivity index is 1.72. The Morgan fingerprint density at radius 1 is 1.23 bits per heavy atom. The summed E-state index contributed by atoms with van der Waals surface area (Å²) in [6, 6.07) is 13.2. The molecule has 0 saturated carbocycles. The van der Waals surface area contributed by atoms with E-state index in [1.54, 1.807) is 26.4 Å². The predicted molar refractivity (Wildman–Crippen MR) is 103 cm³/mol. The molecule has 1 heterocycles. The molecule has 1 saturated heterocycles. The van der Waals surface area contributed by atoms with Gasteiger partial charge >= 0.3 is 0 Å². The number of halogens is 1. The van der Waals surface area contributed by atoms with Crippen LogP contribution in [0.15, 0.2) is 42.5 Å². The van der Waals surface area contributed by atoms with E-state index in [1.807, 2.05) is 30.3 Å². The maximum absolute atomic E-state index is 12.5. The number of anilines is 1. The van der Waals surface area contributed by atoms with E-state index in [1.165, 1.54) is 0 Å². The second kappa shape index (κ2) is 8.43. The van der Waals surface area contributed by atoms with Crippen molar-refractivity contribution in [1.29, 1.82) is 0 Å². The molecule has 138 valence electrons. The molecule has 0 bridgehead atoms. The topological polar surface area (TPSA) is 50.8 Å². The molecule has 26 heavy (non-hydrogen) atoms. The van der Waals surface area contributed by atoms with Gasteiger partial charge in [-0.25, -0.2) is 0 Å². The zero-order valence-corrected chi connectivity index (χ0v) is 15.8. The largest absolute Gasteiger partial charge is 0.497 e. The summed E-state index contributed by atoms with van der Waals surface area (Å²) in [6.45, 7) is 1.18. The molecule has 1 aliphatic rings. The fourth-order valence-corrected chi connectivity index (χ4v) is 3.58. The van der Waals surface area contributed by atoms with Crippen LogP contribution in [-0.2, 0) is 4.79 Å². The second-order valence-electron chi connectivity index (χ2n) is 6.26. The summed E-state index contributed by atoms with van der Waals surface area (Å²) in [5.41, 5.74) is 1.72. The Bertz CT molecular complexity index is 781. The molecule has 6 heteroatoms. The lowest BCUT2D eigenvalue weighted by Crippen LogP contribution is -2.33. The summed E-state index contributed by atoms with van der Waals surface area (Å²) in [5.74, 6) is 1.47. The van der Waals surface area contributed by atoms with Crippen LogP contribution in [0.3, 0.4) is 0 Å². The van der Waals surface area contributed by atoms with Crippen LogP contribution in [0.2, 0.25) is 5.02 Å². The third kappa shape index (κ3) is 4.11. The fraction of sp³-hybridized carbons (Fsp3) is 0.350. The number of nitrogens with one attached hydrogen (secondary N) is 1. The van der Waals surface area contributed by atoms with E-state index in [0.717, 1.165) is 36.4 Å². The molecule has 0 radical (unpaired) electrons. The van der Waals surface area contributed by atoms with Gasteiger partial charge in [0.05, 0.1) is 31.5 Å². The standard InChI is InChI=1S/C20H23ClN2O3/c1-25-14-9-10-15(19(12-14)26-2)18-8-5-11-23(18)13-20(24)22-17-7-4-3-6-16(17)21/h3-4,6-7,9-10,12,18H,5,8,11,13H2,1-2H3,(H,22,24)/t18-/m0/s1. The molecule has 2 aromatic rings. The van der Waals surface area contributed by atoms with E-state index in [2.05, 4.69) is 10.2 Å². The number of likely N-dealkylation sites (tertiary alicyclic amines) is 1. The summed E-state index contributed by atoms with van der Waals surface area (Å²) >= 11 is 6.12. The zero-order chi connectivity index (χ0) is 18.5. The fourth-order valence-electron chi connectivity index (χ4n) is 3.40. The molecule has 1 aliphatic heterocycles. The molecule has 2 aromatic carbocycles. The first kappa shape index (κ1) is 18.5. The molecule has 1 N–H and O–H groups in total. The number of rotatable bonds is 6. The van der Waals surface area contributed by atoms with E-state index in [0.29, 0.717) is 17.3 Å². The van der Waals surface area contributed by atoms with E-state index in [4.69, 9.17) is 21.1 Å². The van der Waals surface area contributed by atoms with Gasteiger partial charge in [-0.05, 0) is 37.6 Å². The average molecular weight is 375 g/mol. The first-order chi connectivity index (χ1) is 12.6. The number of ether oxygens (including phenoxy) is 2. The van der Waals surface area contributed by atoms with Crippen LogP contribution in [0, 0.1) is 0 Å². The lowest BCUT2D eigenvalue weighted by Gasteiger charge is -2.26. The van der Waals surface area contributed by atoms with Crippen LogP contribution in [0.1, 0.15) is 24.4 Å². The third-order valence-corrected chi connectivity index (χ3v) is 4.99. The molecule has 0 aliphatic carbocycles. The monoisotopic (exact) mass is 374 g/mol. The van der Waals surface area contributed by atoms with Gasteiger partial charge in [0.2, 0.25) is 5.91 Å². The number of amides is 1. The van der Waals surface area contributed by atoms with Gasteiger partial charge in [-0.15, -0.1) is 0 Å². The summed E-state index contributed by atoms with van der Waals surface area (Å²) in [6.07, 6.45) is 2.03. The number of carbonyl (C=O) groups is 1. The first-order valence-electron chi connectivity index (χ1n) is 8.62. The molecule has 1 fully saturated rings. The lowest BCUT2D eigenvalue weighted by molar-refractivity contribution is -0.117. The molecule has 0 aromatic heterocycles. The first-order valence-corrected chi connectivity index (χ1v) is 9.00. The minimum atomic E-state index is -0.0718. The third-order valence-electron chi connectivity index (χ3n) is 4.66. The SMILES string of the molecule is COc1ccc([C@@H]2CCCN2CC(=O)Nc2ccccc2Cl)c(OC)c1. The van der Waals surface area contributed by atoms with Crippen molar-refractivity contribution in [3.05, 3.63) is 53.1 Å². The summed E-state index contributed by atoms with van der Waals surface area (Å²) < 4.78 is 10.8. The van der Waals surface area contributed by atoms with Crippen LogP contribution in [0.4, 0.5) is 5.69 Å². The normalized spacial score (nSPS) is 17.1. The van der Waals surface area contributed by atoms with Crippen molar-refractivity contribution in [2.24, 2.45) is 0 Å². The Hall–Kier alpha value is -2.24. The van der Waals surface area contributed by atoms with Crippen molar-refractivity contribution >= 4 is 23.2 Å². The number of carbonyl (C=O) groups excluding carboxylic acids is 1. The van der Waals surface area contributed by atoms with E-state index >= 15 is 0 Å². The van der Waals surface area contributed by atoms with Gasteiger partial charge in [0, 0.05) is 17.7 Å². The number of nitrogens with zero attached hydrogens (tertiary/aromatic N) is 1. The minimum absolute atomic E-state index is 0.0718. The Morgan fingerprint density at radius 3 is 2.77 bits per heavy atom. The predicted octanol–water partition coefficient (Wildman–Crippen LogP) is 4.13. The van der Waals surface area contributed by atoms with Crippen LogP contribution >= 0.6 is 11.6 Å². The van der Waals surface area contributed by atoms with E-state index in [9.17, 15) is 4.79 Å². The highest BCUT2D eigenvalue weighted by atomic mass is 35.5. The lowest BCUT2D eigenvalue weighted by atomic mass is 10.0. The Morgan fingerprint density at radius 2 is 2.04 bits per heavy atom. The van der Waals surface area contributed by atoms with Gasteiger partial charge in [0.15, 0.2) is 0 Å². The Kier molecular flexibility index (Phi) is 6.01. The van der Waals surface area contributed by atoms with Gasteiger partial charge in [0.1, 0.15) is 11.5 Å². The molecule has 1 amide bonds. The Labute approximate surface area is 158 Å². The number of hydrogen-bond acceptors (Lipinski definition) is 4. The number of para-hydroxylation sites is 1. The summed E-state index contributed by atoms with van der Waals surface area (Å²) in [4.78, 5) is 14.7. The van der Waals surface area contributed by atoms with Crippen molar-refractivity contribution in [3.63, 3.8) is 0 Å². The molecule has 0 spiro atoms. The van der Waals surface area contributed by atoms with Crippen molar-refractivity contribution in [1.82, 2.24) is 4.90 Å². The number of benzene rings is 2. The zero-order valence-electron chi connectivity index (χ0n) is 15.0. The molecule has 1 atom stereocenters. The van der Waals surface area contributed by atoms with E-state index in [-0.39, 0.29) is 11.9 Å². The van der Waals surface area contributed by atoms with Gasteiger partial charge in [-0.3, -0.25) is 9.69 Å². The molecule has 3 rings (SSSR count). The molecule has 5 nitrogen and oxygen atoms in total. The second-order valence-corrected chi connectivity index (χ2v) is 6.67. The van der Waals surface area contributed by atoms with Crippen LogP contribution in [0.25, 0.3) is 0 Å². The number of methoxy groups -OCH3 is 2. The van der Waals surface area contributed by atoms with Gasteiger partial charge in [-0.1, -0.05) is 29.8 Å². The summed E-state index contributed by atoms with van der Waals surface area (Å²) in [5, 5.41) is 3.43. The molecular formula is C20H23ClN2O3.